The normalized spacial score (nSPS) is 17.9. The molecule has 0 saturated heterocycles. The number of ether oxygens (including phenoxy) is 3. The minimum Gasteiger partial charge on any atom is -0.465 e. The molecule has 32 heavy (non-hydrogen) atoms. The number of allylic oxidation sites excluding steroid dienone is 1. The van der Waals surface area contributed by atoms with Crippen molar-refractivity contribution in [2.45, 2.75) is 12.3 Å². The SMILES string of the molecule is COC(=O)c1ccc(/C=C2\Oc3c(ccc4c3C(c3ccccc3)CC(=O)O4)C2=O)cc1. The second kappa shape index (κ2) is 7.81. The average molecular weight is 426 g/mol. The molecule has 6 heteroatoms. The summed E-state index contributed by atoms with van der Waals surface area (Å²) < 4.78 is 16.2. The maximum atomic E-state index is 13.0. The van der Waals surface area contributed by atoms with E-state index in [9.17, 15) is 14.4 Å². The lowest BCUT2D eigenvalue weighted by molar-refractivity contribution is -0.135. The molecule has 0 fully saturated rings. The molecule has 0 radical (unpaired) electrons. The Morgan fingerprint density at radius 1 is 0.969 bits per heavy atom. The minimum atomic E-state index is -0.432. The summed E-state index contributed by atoms with van der Waals surface area (Å²) in [5.41, 5.74) is 3.20. The van der Waals surface area contributed by atoms with Crippen LogP contribution in [0, 0.1) is 0 Å². The Kier molecular flexibility index (Phi) is 4.82. The van der Waals surface area contributed by atoms with E-state index >= 15 is 0 Å². The van der Waals surface area contributed by atoms with Crippen LogP contribution in [0.15, 0.2) is 72.5 Å². The van der Waals surface area contributed by atoms with Gasteiger partial charge in [-0.15, -0.1) is 0 Å². The van der Waals surface area contributed by atoms with Gasteiger partial charge in [-0.05, 0) is 41.5 Å². The number of carbonyl (C=O) groups is 3. The minimum absolute atomic E-state index is 0.166. The van der Waals surface area contributed by atoms with E-state index in [0.29, 0.717) is 33.8 Å². The summed E-state index contributed by atoms with van der Waals surface area (Å²) in [4.78, 5) is 36.9. The van der Waals surface area contributed by atoms with Crippen molar-refractivity contribution in [3.63, 3.8) is 0 Å². The van der Waals surface area contributed by atoms with Crippen LogP contribution >= 0.6 is 0 Å². The Bertz CT molecular complexity index is 1270. The zero-order valence-electron chi connectivity index (χ0n) is 17.2. The van der Waals surface area contributed by atoms with Crippen molar-refractivity contribution in [1.82, 2.24) is 0 Å². The molecule has 0 spiro atoms. The summed E-state index contributed by atoms with van der Waals surface area (Å²) in [6.07, 6.45) is 1.79. The molecule has 2 aliphatic rings. The highest BCUT2D eigenvalue weighted by Crippen LogP contribution is 2.48. The Morgan fingerprint density at radius 2 is 1.72 bits per heavy atom. The standard InChI is InChI=1S/C26H18O6/c1-30-26(29)17-9-7-15(8-10-17)13-21-24(28)18-11-12-20-23(25(18)32-21)19(14-22(27)31-20)16-5-3-2-4-6-16/h2-13,19H,14H2,1H3/b21-13-. The number of methoxy groups -OCH3 is 1. The van der Waals surface area contributed by atoms with Gasteiger partial charge < -0.3 is 14.2 Å². The molecule has 0 aromatic heterocycles. The van der Waals surface area contributed by atoms with E-state index in [0.717, 1.165) is 5.56 Å². The second-order valence-electron chi connectivity index (χ2n) is 7.55. The van der Waals surface area contributed by atoms with Crippen LogP contribution in [0.4, 0.5) is 0 Å². The smallest absolute Gasteiger partial charge is 0.337 e. The van der Waals surface area contributed by atoms with Gasteiger partial charge >= 0.3 is 11.9 Å². The molecule has 0 N–H and O–H groups in total. The molecule has 158 valence electrons. The highest BCUT2D eigenvalue weighted by atomic mass is 16.5. The second-order valence-corrected chi connectivity index (χ2v) is 7.55. The van der Waals surface area contributed by atoms with Gasteiger partial charge in [-0.2, -0.15) is 0 Å². The van der Waals surface area contributed by atoms with Crippen LogP contribution in [0.5, 0.6) is 11.5 Å². The number of hydrogen-bond acceptors (Lipinski definition) is 6. The summed E-state index contributed by atoms with van der Waals surface area (Å²) in [5.74, 6) is -0.271. The summed E-state index contributed by atoms with van der Waals surface area (Å²) in [6, 6.07) is 19.6. The van der Waals surface area contributed by atoms with Crippen LogP contribution in [-0.2, 0) is 9.53 Å². The lowest BCUT2D eigenvalue weighted by Crippen LogP contribution is -2.21. The molecular weight excluding hydrogens is 408 g/mol. The van der Waals surface area contributed by atoms with E-state index in [1.54, 1.807) is 42.5 Å². The first-order valence-electron chi connectivity index (χ1n) is 10.1. The van der Waals surface area contributed by atoms with Crippen LogP contribution in [0.3, 0.4) is 0 Å². The Morgan fingerprint density at radius 3 is 2.44 bits per heavy atom. The van der Waals surface area contributed by atoms with Crippen LogP contribution in [0.1, 0.15) is 49.7 Å². The number of benzene rings is 3. The molecule has 2 heterocycles. The molecule has 0 bridgehead atoms. The number of ketones is 1. The Hall–Kier alpha value is -4.19. The van der Waals surface area contributed by atoms with Gasteiger partial charge in [0.1, 0.15) is 11.5 Å². The first-order valence-corrected chi connectivity index (χ1v) is 10.1. The van der Waals surface area contributed by atoms with Crippen molar-refractivity contribution in [2.75, 3.05) is 7.11 Å². The predicted molar refractivity (Wildman–Crippen MR) is 116 cm³/mol. The zero-order chi connectivity index (χ0) is 22.2. The highest BCUT2D eigenvalue weighted by molar-refractivity contribution is 6.15. The largest absolute Gasteiger partial charge is 0.465 e. The molecule has 3 aromatic carbocycles. The van der Waals surface area contributed by atoms with Gasteiger partial charge in [0.2, 0.25) is 5.78 Å². The average Bonchev–Trinajstić information content (AvgIpc) is 3.14. The maximum Gasteiger partial charge on any atom is 0.337 e. The lowest BCUT2D eigenvalue weighted by Gasteiger charge is -2.26. The van der Waals surface area contributed by atoms with E-state index in [-0.39, 0.29) is 29.9 Å². The van der Waals surface area contributed by atoms with Crippen molar-refractivity contribution in [2.24, 2.45) is 0 Å². The van der Waals surface area contributed by atoms with Crippen LogP contribution in [-0.4, -0.2) is 24.8 Å². The molecule has 2 aliphatic heterocycles. The third-order valence-corrected chi connectivity index (χ3v) is 5.61. The van der Waals surface area contributed by atoms with Gasteiger partial charge in [0.15, 0.2) is 5.76 Å². The monoisotopic (exact) mass is 426 g/mol. The fourth-order valence-corrected chi connectivity index (χ4v) is 4.06. The van der Waals surface area contributed by atoms with Crippen molar-refractivity contribution in [1.29, 1.82) is 0 Å². The molecule has 5 rings (SSSR count). The van der Waals surface area contributed by atoms with Gasteiger partial charge in [-0.25, -0.2) is 4.79 Å². The van der Waals surface area contributed by atoms with Gasteiger partial charge in [-0.3, -0.25) is 9.59 Å². The zero-order valence-corrected chi connectivity index (χ0v) is 17.2. The van der Waals surface area contributed by atoms with Crippen LogP contribution in [0.2, 0.25) is 0 Å². The lowest BCUT2D eigenvalue weighted by atomic mass is 9.85. The molecule has 3 aromatic rings. The predicted octanol–water partition coefficient (Wildman–Crippen LogP) is 4.53. The summed E-state index contributed by atoms with van der Waals surface area (Å²) >= 11 is 0. The van der Waals surface area contributed by atoms with Gasteiger partial charge in [0.05, 0.1) is 24.7 Å². The number of carbonyl (C=O) groups excluding carboxylic acids is 3. The number of fused-ring (bicyclic) bond motifs is 3. The molecular formula is C26H18O6. The van der Waals surface area contributed by atoms with Crippen molar-refractivity contribution < 1.29 is 28.6 Å². The van der Waals surface area contributed by atoms with E-state index in [1.165, 1.54) is 7.11 Å². The first-order chi connectivity index (χ1) is 15.5. The van der Waals surface area contributed by atoms with E-state index in [2.05, 4.69) is 0 Å². The number of rotatable bonds is 3. The highest BCUT2D eigenvalue weighted by Gasteiger charge is 2.38. The Balaban J connectivity index is 1.54. The van der Waals surface area contributed by atoms with Crippen LogP contribution < -0.4 is 9.47 Å². The Labute approximate surface area is 184 Å². The quantitative estimate of drug-likeness (QED) is 0.348. The third kappa shape index (κ3) is 3.36. The maximum absolute atomic E-state index is 13.0. The molecule has 6 nitrogen and oxygen atoms in total. The number of esters is 2. The summed E-state index contributed by atoms with van der Waals surface area (Å²) in [7, 11) is 1.32. The first kappa shape index (κ1) is 19.8. The van der Waals surface area contributed by atoms with Crippen molar-refractivity contribution in [3.05, 3.63) is 100 Å². The fourth-order valence-electron chi connectivity index (χ4n) is 4.06. The van der Waals surface area contributed by atoms with Crippen molar-refractivity contribution in [3.8, 4) is 11.5 Å². The number of hydrogen-bond donors (Lipinski definition) is 0. The molecule has 0 amide bonds. The van der Waals surface area contributed by atoms with Crippen LogP contribution in [0.25, 0.3) is 6.08 Å². The summed E-state index contributed by atoms with van der Waals surface area (Å²) in [6.45, 7) is 0. The molecule has 1 unspecified atom stereocenters. The summed E-state index contributed by atoms with van der Waals surface area (Å²) in [5, 5.41) is 0. The van der Waals surface area contributed by atoms with Gasteiger partial charge in [0.25, 0.3) is 0 Å². The van der Waals surface area contributed by atoms with Crippen molar-refractivity contribution >= 4 is 23.8 Å². The third-order valence-electron chi connectivity index (χ3n) is 5.61. The fraction of sp³-hybridized carbons (Fsp3) is 0.115. The number of Topliss-reactive ketones (excluding diaryl/α,β-unsaturated/α-hetero) is 1. The molecule has 1 atom stereocenters. The van der Waals surface area contributed by atoms with Gasteiger partial charge in [0, 0.05) is 11.5 Å². The molecule has 0 saturated carbocycles. The topological polar surface area (TPSA) is 78.9 Å². The van der Waals surface area contributed by atoms with E-state index in [4.69, 9.17) is 14.2 Å². The molecule has 0 aliphatic carbocycles. The van der Waals surface area contributed by atoms with E-state index in [1.807, 2.05) is 30.3 Å². The van der Waals surface area contributed by atoms with E-state index < -0.39 is 5.97 Å². The van der Waals surface area contributed by atoms with Gasteiger partial charge in [-0.1, -0.05) is 42.5 Å².